The maximum absolute atomic E-state index is 11.1. The number of fused-ring (bicyclic) bond motifs is 1. The number of aromatic nitrogens is 1. The van der Waals surface area contributed by atoms with Crippen molar-refractivity contribution in [1.29, 1.82) is 0 Å². The first kappa shape index (κ1) is 11.5. The van der Waals surface area contributed by atoms with Crippen molar-refractivity contribution in [3.63, 3.8) is 0 Å². The summed E-state index contributed by atoms with van der Waals surface area (Å²) in [5, 5.41) is 3.32. The Kier molecular flexibility index (Phi) is 2.79. The largest absolute Gasteiger partial charge is 0.491 e. The summed E-state index contributed by atoms with van der Waals surface area (Å²) in [6.07, 6.45) is 1.56. The Balaban J connectivity index is 1.83. The summed E-state index contributed by atoms with van der Waals surface area (Å²) in [5.74, 6) is 0.357. The average molecular weight is 255 g/mol. The van der Waals surface area contributed by atoms with Gasteiger partial charge in [0.25, 0.3) is 5.91 Å². The number of carbonyl (C=O) groups excluding carboxylic acids is 1. The van der Waals surface area contributed by atoms with E-state index >= 15 is 0 Å². The van der Waals surface area contributed by atoms with Crippen LogP contribution in [0, 0.1) is 0 Å². The second-order valence-corrected chi connectivity index (χ2v) is 4.34. The number of rotatable bonds is 3. The van der Waals surface area contributed by atoms with Gasteiger partial charge in [0.05, 0.1) is 6.04 Å². The summed E-state index contributed by atoms with van der Waals surface area (Å²) in [4.78, 5) is 15.0. The third-order valence-corrected chi connectivity index (χ3v) is 3.05. The van der Waals surface area contributed by atoms with Crippen LogP contribution in [-0.4, -0.2) is 17.5 Å². The highest BCUT2D eigenvalue weighted by Crippen LogP contribution is 2.33. The van der Waals surface area contributed by atoms with Gasteiger partial charge in [0, 0.05) is 17.4 Å². The van der Waals surface area contributed by atoms with Crippen molar-refractivity contribution in [2.24, 2.45) is 5.73 Å². The van der Waals surface area contributed by atoms with Crippen LogP contribution < -0.4 is 15.8 Å². The van der Waals surface area contributed by atoms with Crippen LogP contribution in [0.15, 0.2) is 42.6 Å². The first-order valence-corrected chi connectivity index (χ1v) is 5.98. The molecule has 0 saturated heterocycles. The van der Waals surface area contributed by atoms with Crippen molar-refractivity contribution >= 4 is 11.6 Å². The molecular formula is C14H13N3O2. The summed E-state index contributed by atoms with van der Waals surface area (Å²) < 4.78 is 5.59. The predicted molar refractivity (Wildman–Crippen MR) is 71.1 cm³/mol. The van der Waals surface area contributed by atoms with Gasteiger partial charge in [-0.05, 0) is 18.2 Å². The number of anilines is 1. The molecule has 1 unspecified atom stereocenters. The number of primary amides is 1. The zero-order valence-electron chi connectivity index (χ0n) is 10.2. The van der Waals surface area contributed by atoms with E-state index in [4.69, 9.17) is 10.5 Å². The number of nitrogens with two attached hydrogens (primary N) is 1. The molecule has 1 aromatic carbocycles. The topological polar surface area (TPSA) is 77.2 Å². The van der Waals surface area contributed by atoms with Crippen molar-refractivity contribution in [1.82, 2.24) is 4.98 Å². The molecule has 5 nitrogen and oxygen atoms in total. The highest BCUT2D eigenvalue weighted by Gasteiger charge is 2.23. The van der Waals surface area contributed by atoms with Gasteiger partial charge in [-0.3, -0.25) is 9.78 Å². The molecule has 1 aliphatic heterocycles. The molecule has 5 heteroatoms. The monoisotopic (exact) mass is 255 g/mol. The third kappa shape index (κ3) is 2.22. The zero-order chi connectivity index (χ0) is 13.2. The van der Waals surface area contributed by atoms with Crippen LogP contribution in [0.5, 0.6) is 5.75 Å². The van der Waals surface area contributed by atoms with Crippen molar-refractivity contribution in [3.8, 4) is 5.75 Å². The summed E-state index contributed by atoms with van der Waals surface area (Å²) in [5.41, 5.74) is 7.37. The fraction of sp³-hybridized carbons (Fsp3) is 0.143. The van der Waals surface area contributed by atoms with E-state index in [1.54, 1.807) is 18.3 Å². The molecule has 0 saturated carbocycles. The summed E-state index contributed by atoms with van der Waals surface area (Å²) in [7, 11) is 0. The number of benzene rings is 1. The van der Waals surface area contributed by atoms with Crippen LogP contribution in [-0.2, 0) is 0 Å². The summed E-state index contributed by atoms with van der Waals surface area (Å²) in [6.45, 7) is 0.563. The van der Waals surface area contributed by atoms with Gasteiger partial charge in [0.15, 0.2) is 0 Å². The fourth-order valence-electron chi connectivity index (χ4n) is 2.14. The van der Waals surface area contributed by atoms with Gasteiger partial charge in [-0.2, -0.15) is 0 Å². The lowest BCUT2D eigenvalue weighted by molar-refractivity contribution is 0.0995. The molecular weight excluding hydrogens is 242 g/mol. The van der Waals surface area contributed by atoms with Gasteiger partial charge >= 0.3 is 0 Å². The van der Waals surface area contributed by atoms with Gasteiger partial charge in [-0.25, -0.2) is 0 Å². The number of hydrogen-bond donors (Lipinski definition) is 2. The van der Waals surface area contributed by atoms with Crippen LogP contribution in [0.25, 0.3) is 0 Å². The molecule has 96 valence electrons. The van der Waals surface area contributed by atoms with E-state index < -0.39 is 5.91 Å². The van der Waals surface area contributed by atoms with E-state index in [1.807, 2.05) is 24.3 Å². The Bertz CT molecular complexity index is 628. The third-order valence-electron chi connectivity index (χ3n) is 3.05. The van der Waals surface area contributed by atoms with Gasteiger partial charge in [-0.15, -0.1) is 0 Å². The minimum absolute atomic E-state index is 0.0688. The lowest BCUT2D eigenvalue weighted by atomic mass is 10.1. The molecule has 19 heavy (non-hydrogen) atoms. The number of pyridine rings is 1. The highest BCUT2D eigenvalue weighted by atomic mass is 16.5. The number of carbonyl (C=O) groups is 1. The molecule has 0 bridgehead atoms. The Morgan fingerprint density at radius 2 is 2.21 bits per heavy atom. The molecule has 3 N–H and O–H groups in total. The Morgan fingerprint density at radius 1 is 1.37 bits per heavy atom. The molecule has 1 aromatic heterocycles. The smallest absolute Gasteiger partial charge is 0.267 e. The van der Waals surface area contributed by atoms with Gasteiger partial charge in [0.1, 0.15) is 18.1 Å². The molecule has 0 radical (unpaired) electrons. The van der Waals surface area contributed by atoms with Crippen LogP contribution in [0.3, 0.4) is 0 Å². The van der Waals surface area contributed by atoms with Crippen LogP contribution in [0.1, 0.15) is 22.1 Å². The van der Waals surface area contributed by atoms with E-state index in [2.05, 4.69) is 10.3 Å². The molecule has 0 fully saturated rings. The average Bonchev–Trinajstić information content (AvgIpc) is 2.83. The molecule has 1 aliphatic rings. The Labute approximate surface area is 110 Å². The van der Waals surface area contributed by atoms with E-state index in [0.29, 0.717) is 6.61 Å². The lowest BCUT2D eigenvalue weighted by Crippen LogP contribution is -2.15. The number of amides is 1. The SMILES string of the molecule is NC(=O)c1cc(NC2COc3ccccc32)ccn1. The molecule has 0 spiro atoms. The number of ether oxygens (including phenoxy) is 1. The maximum Gasteiger partial charge on any atom is 0.267 e. The Hall–Kier alpha value is -2.56. The second kappa shape index (κ2) is 4.61. The zero-order valence-corrected chi connectivity index (χ0v) is 10.2. The van der Waals surface area contributed by atoms with E-state index in [9.17, 15) is 4.79 Å². The quantitative estimate of drug-likeness (QED) is 0.875. The molecule has 2 aromatic rings. The lowest BCUT2D eigenvalue weighted by Gasteiger charge is -2.13. The highest BCUT2D eigenvalue weighted by molar-refractivity contribution is 5.91. The van der Waals surface area contributed by atoms with Gasteiger partial charge in [-0.1, -0.05) is 18.2 Å². The molecule has 1 amide bonds. The minimum atomic E-state index is -0.535. The van der Waals surface area contributed by atoms with Gasteiger partial charge in [0.2, 0.25) is 0 Å². The maximum atomic E-state index is 11.1. The van der Waals surface area contributed by atoms with Crippen molar-refractivity contribution in [2.45, 2.75) is 6.04 Å². The summed E-state index contributed by atoms with van der Waals surface area (Å²) in [6, 6.07) is 11.4. The molecule has 3 rings (SSSR count). The van der Waals surface area contributed by atoms with E-state index in [1.165, 1.54) is 0 Å². The first-order chi connectivity index (χ1) is 9.24. The van der Waals surface area contributed by atoms with Crippen LogP contribution >= 0.6 is 0 Å². The summed E-state index contributed by atoms with van der Waals surface area (Å²) >= 11 is 0. The molecule has 2 heterocycles. The predicted octanol–water partition coefficient (Wildman–Crippen LogP) is 1.73. The van der Waals surface area contributed by atoms with Crippen LogP contribution in [0.2, 0.25) is 0 Å². The fourth-order valence-corrected chi connectivity index (χ4v) is 2.14. The second-order valence-electron chi connectivity index (χ2n) is 4.34. The van der Waals surface area contributed by atoms with E-state index in [0.717, 1.165) is 17.0 Å². The number of nitrogens with zero attached hydrogens (tertiary/aromatic N) is 1. The van der Waals surface area contributed by atoms with Crippen LogP contribution in [0.4, 0.5) is 5.69 Å². The van der Waals surface area contributed by atoms with Crippen molar-refractivity contribution in [3.05, 3.63) is 53.9 Å². The number of para-hydroxylation sites is 1. The number of hydrogen-bond acceptors (Lipinski definition) is 4. The Morgan fingerprint density at radius 3 is 3.05 bits per heavy atom. The minimum Gasteiger partial charge on any atom is -0.491 e. The van der Waals surface area contributed by atoms with Gasteiger partial charge < -0.3 is 15.8 Å². The molecule has 1 atom stereocenters. The number of nitrogens with one attached hydrogen (secondary N) is 1. The first-order valence-electron chi connectivity index (χ1n) is 5.98. The normalized spacial score (nSPS) is 16.5. The van der Waals surface area contributed by atoms with E-state index in [-0.39, 0.29) is 11.7 Å². The van der Waals surface area contributed by atoms with Crippen molar-refractivity contribution in [2.75, 3.05) is 11.9 Å². The van der Waals surface area contributed by atoms with Crippen molar-refractivity contribution < 1.29 is 9.53 Å². The standard InChI is InChI=1S/C14H13N3O2/c15-14(18)11-7-9(5-6-16-11)17-12-8-19-13-4-2-1-3-10(12)13/h1-7,12H,8H2,(H2,15,18)(H,16,17). The molecule has 0 aliphatic carbocycles.